The lowest BCUT2D eigenvalue weighted by atomic mass is 9.94. The van der Waals surface area contributed by atoms with Crippen LogP contribution in [0.2, 0.25) is 0 Å². The largest absolute Gasteiger partial charge is 0.454 e. The molecule has 198 valence electrons. The fourth-order valence-corrected chi connectivity index (χ4v) is 4.59. The number of amides is 2. The van der Waals surface area contributed by atoms with Crippen LogP contribution >= 0.6 is 0 Å². The van der Waals surface area contributed by atoms with Crippen molar-refractivity contribution in [1.29, 1.82) is 0 Å². The van der Waals surface area contributed by atoms with Gasteiger partial charge >= 0.3 is 0 Å². The quantitative estimate of drug-likeness (QED) is 0.368. The molecule has 0 radical (unpaired) electrons. The molecular formula is C30H32N2O6. The first-order chi connectivity index (χ1) is 18.5. The minimum atomic E-state index is -0.535. The smallest absolute Gasteiger partial charge is 0.246 e. The van der Waals surface area contributed by atoms with Gasteiger partial charge in [0, 0.05) is 19.3 Å². The minimum absolute atomic E-state index is 0.00903. The van der Waals surface area contributed by atoms with Gasteiger partial charge in [-0.15, -0.1) is 0 Å². The van der Waals surface area contributed by atoms with Gasteiger partial charge in [-0.05, 0) is 71.8 Å². The van der Waals surface area contributed by atoms with Crippen molar-refractivity contribution in [3.63, 3.8) is 0 Å². The number of hydrogen-bond acceptors (Lipinski definition) is 6. The van der Waals surface area contributed by atoms with Crippen molar-refractivity contribution < 1.29 is 28.5 Å². The summed E-state index contributed by atoms with van der Waals surface area (Å²) in [4.78, 5) is 25.3. The third-order valence-electron chi connectivity index (χ3n) is 7.02. The molecule has 2 N–H and O–H groups in total. The van der Waals surface area contributed by atoms with Gasteiger partial charge in [0.15, 0.2) is 11.5 Å². The van der Waals surface area contributed by atoms with Gasteiger partial charge in [-0.3, -0.25) is 9.59 Å². The van der Waals surface area contributed by atoms with Crippen LogP contribution in [0.4, 0.5) is 5.69 Å². The summed E-state index contributed by atoms with van der Waals surface area (Å²) in [6.45, 7) is 3.53. The number of aryl methyl sites for hydroxylation is 1. The van der Waals surface area contributed by atoms with Crippen molar-refractivity contribution in [3.05, 3.63) is 77.4 Å². The molecule has 1 fully saturated rings. The first kappa shape index (κ1) is 25.8. The summed E-state index contributed by atoms with van der Waals surface area (Å²) in [6.07, 6.45) is 1.60. The molecule has 1 heterocycles. The van der Waals surface area contributed by atoms with E-state index in [0.29, 0.717) is 31.3 Å². The molecule has 1 aliphatic heterocycles. The zero-order valence-electron chi connectivity index (χ0n) is 21.7. The van der Waals surface area contributed by atoms with Crippen molar-refractivity contribution in [3.8, 4) is 22.6 Å². The van der Waals surface area contributed by atoms with E-state index in [1.54, 1.807) is 7.11 Å². The van der Waals surface area contributed by atoms with Crippen molar-refractivity contribution in [2.75, 3.05) is 39.0 Å². The molecule has 0 saturated heterocycles. The van der Waals surface area contributed by atoms with Crippen molar-refractivity contribution >= 4 is 17.5 Å². The lowest BCUT2D eigenvalue weighted by Crippen LogP contribution is -2.27. The van der Waals surface area contributed by atoms with Crippen molar-refractivity contribution in [1.82, 2.24) is 5.32 Å². The third kappa shape index (κ3) is 5.66. The van der Waals surface area contributed by atoms with Gasteiger partial charge in [0.2, 0.25) is 18.6 Å². The average Bonchev–Trinajstić information content (AvgIpc) is 3.62. The number of hydrogen-bond donors (Lipinski definition) is 2. The van der Waals surface area contributed by atoms with Crippen LogP contribution in [0.3, 0.4) is 0 Å². The lowest BCUT2D eigenvalue weighted by Gasteiger charge is -2.17. The number of ether oxygens (including phenoxy) is 4. The molecule has 0 aromatic heterocycles. The molecule has 38 heavy (non-hydrogen) atoms. The summed E-state index contributed by atoms with van der Waals surface area (Å²) >= 11 is 0. The second kappa shape index (κ2) is 11.2. The van der Waals surface area contributed by atoms with E-state index in [0.717, 1.165) is 46.3 Å². The highest BCUT2D eigenvalue weighted by Crippen LogP contribution is 2.51. The van der Waals surface area contributed by atoms with Gasteiger partial charge < -0.3 is 29.6 Å². The van der Waals surface area contributed by atoms with Crippen LogP contribution in [0.5, 0.6) is 11.5 Å². The molecule has 1 saturated carbocycles. The third-order valence-corrected chi connectivity index (χ3v) is 7.02. The molecule has 0 unspecified atom stereocenters. The molecule has 1 aliphatic carbocycles. The first-order valence-corrected chi connectivity index (χ1v) is 12.7. The lowest BCUT2D eigenvalue weighted by molar-refractivity contribution is -0.126. The highest BCUT2D eigenvalue weighted by Gasteiger charge is 2.51. The number of anilines is 1. The second-order valence-electron chi connectivity index (χ2n) is 9.65. The van der Waals surface area contributed by atoms with E-state index < -0.39 is 5.41 Å². The van der Waals surface area contributed by atoms with Gasteiger partial charge in [-0.25, -0.2) is 0 Å². The Bertz CT molecular complexity index is 1320. The Hall–Kier alpha value is -3.88. The minimum Gasteiger partial charge on any atom is -0.454 e. The molecule has 2 amide bonds. The number of rotatable bonds is 11. The predicted octanol–water partition coefficient (Wildman–Crippen LogP) is 4.34. The number of nitrogens with one attached hydrogen (secondary N) is 2. The van der Waals surface area contributed by atoms with Crippen LogP contribution in [0.15, 0.2) is 60.7 Å². The van der Waals surface area contributed by atoms with Crippen molar-refractivity contribution in [2.24, 2.45) is 0 Å². The molecule has 0 bridgehead atoms. The standard InChI is InChI=1S/C30H32N2O6/c1-20-3-9-24(32-29(34)30(11-12-30)23-8-10-26-27(15-23)38-19-37-26)16-25(20)22-6-4-21(5-7-22)17-31-28(33)18-36-14-13-35-2/h3-10,15-16H,11-14,17-19H2,1-2H3,(H,31,33)(H,32,34). The van der Waals surface area contributed by atoms with Crippen LogP contribution in [0.1, 0.15) is 29.5 Å². The molecule has 2 aliphatic rings. The monoisotopic (exact) mass is 516 g/mol. The SMILES string of the molecule is COCCOCC(=O)NCc1ccc(-c2cc(NC(=O)C3(c4ccc5c(c4)OCO5)CC3)ccc2C)cc1. The molecule has 5 rings (SSSR count). The number of carbonyl (C=O) groups excluding carboxylic acids is 2. The maximum Gasteiger partial charge on any atom is 0.246 e. The maximum atomic E-state index is 13.4. The van der Waals surface area contributed by atoms with Gasteiger partial charge in [-0.2, -0.15) is 0 Å². The van der Waals surface area contributed by atoms with E-state index >= 15 is 0 Å². The summed E-state index contributed by atoms with van der Waals surface area (Å²) in [7, 11) is 1.59. The van der Waals surface area contributed by atoms with Crippen LogP contribution in [0, 0.1) is 6.92 Å². The van der Waals surface area contributed by atoms with E-state index in [-0.39, 0.29) is 25.2 Å². The van der Waals surface area contributed by atoms with Crippen molar-refractivity contribution in [2.45, 2.75) is 31.7 Å². The Morgan fingerprint density at radius 2 is 1.74 bits per heavy atom. The Morgan fingerprint density at radius 3 is 2.50 bits per heavy atom. The second-order valence-corrected chi connectivity index (χ2v) is 9.65. The number of fused-ring (bicyclic) bond motifs is 1. The highest BCUT2D eigenvalue weighted by molar-refractivity contribution is 6.02. The zero-order chi connectivity index (χ0) is 26.5. The summed E-state index contributed by atoms with van der Waals surface area (Å²) in [5.74, 6) is 1.23. The summed E-state index contributed by atoms with van der Waals surface area (Å²) in [5, 5.41) is 6.00. The van der Waals surface area contributed by atoms with Crippen LogP contribution in [-0.4, -0.2) is 45.5 Å². The van der Waals surface area contributed by atoms with E-state index in [9.17, 15) is 9.59 Å². The van der Waals surface area contributed by atoms with E-state index in [1.807, 2.05) is 67.6 Å². The normalized spacial score (nSPS) is 14.7. The average molecular weight is 517 g/mol. The molecule has 0 spiro atoms. The summed E-state index contributed by atoms with van der Waals surface area (Å²) < 4.78 is 21.1. The summed E-state index contributed by atoms with van der Waals surface area (Å²) in [5.41, 5.74) is 5.34. The van der Waals surface area contributed by atoms with E-state index in [4.69, 9.17) is 18.9 Å². The van der Waals surface area contributed by atoms with Gasteiger partial charge in [0.05, 0.1) is 18.6 Å². The van der Waals surface area contributed by atoms with Gasteiger partial charge in [0.25, 0.3) is 0 Å². The molecule has 8 heteroatoms. The molecular weight excluding hydrogens is 484 g/mol. The van der Waals surface area contributed by atoms with Crippen LogP contribution in [0.25, 0.3) is 11.1 Å². The first-order valence-electron chi connectivity index (χ1n) is 12.7. The predicted molar refractivity (Wildman–Crippen MR) is 143 cm³/mol. The Balaban J connectivity index is 1.22. The van der Waals surface area contributed by atoms with E-state index in [2.05, 4.69) is 10.6 Å². The van der Waals surface area contributed by atoms with Crippen LogP contribution < -0.4 is 20.1 Å². The van der Waals surface area contributed by atoms with Crippen LogP contribution in [-0.2, 0) is 31.0 Å². The Morgan fingerprint density at radius 1 is 0.947 bits per heavy atom. The zero-order valence-corrected chi connectivity index (χ0v) is 21.7. The summed E-state index contributed by atoms with van der Waals surface area (Å²) in [6, 6.07) is 19.8. The molecule has 3 aromatic carbocycles. The highest BCUT2D eigenvalue weighted by atomic mass is 16.7. The molecule has 8 nitrogen and oxygen atoms in total. The van der Waals surface area contributed by atoms with E-state index in [1.165, 1.54) is 0 Å². The topological polar surface area (TPSA) is 95.1 Å². The molecule has 0 atom stereocenters. The van der Waals surface area contributed by atoms with Gasteiger partial charge in [0.1, 0.15) is 6.61 Å². The number of methoxy groups -OCH3 is 1. The van der Waals surface area contributed by atoms with Gasteiger partial charge in [-0.1, -0.05) is 36.4 Å². The Kier molecular flexibility index (Phi) is 7.62. The Labute approximate surface area is 222 Å². The molecule has 3 aromatic rings. The number of carbonyl (C=O) groups is 2. The maximum absolute atomic E-state index is 13.4. The number of benzene rings is 3. The fraction of sp³-hybridized carbons (Fsp3) is 0.333. The fourth-order valence-electron chi connectivity index (χ4n) is 4.59.